The number of rotatable bonds is 1. The molecule has 1 radical (unpaired) electrons. The molecule has 5 nitrogen and oxygen atoms in total. The second-order valence-corrected chi connectivity index (χ2v) is 4.66. The molecule has 0 aliphatic carbocycles. The Hall–Kier alpha value is -0.465. The molecule has 0 spiro atoms. The molecule has 0 unspecified atom stereocenters. The Bertz CT molecular complexity index is 201. The minimum atomic E-state index is -1.01. The van der Waals surface area contributed by atoms with Gasteiger partial charge in [0, 0.05) is 11.6 Å². The van der Waals surface area contributed by atoms with Crippen molar-refractivity contribution in [1.82, 2.24) is 4.98 Å². The molecule has 0 aromatic carbocycles. The van der Waals surface area contributed by atoms with E-state index in [4.69, 9.17) is 20.3 Å². The van der Waals surface area contributed by atoms with Crippen LogP contribution in [0, 0.1) is 0 Å². The maximum Gasteiger partial charge on any atom is 0.482 e. The van der Waals surface area contributed by atoms with Crippen LogP contribution in [0.4, 0.5) is 0 Å². The van der Waals surface area contributed by atoms with Gasteiger partial charge in [-0.15, -0.1) is 11.3 Å². The lowest BCUT2D eigenvalue weighted by Crippen LogP contribution is -2.44. The van der Waals surface area contributed by atoms with E-state index >= 15 is 0 Å². The van der Waals surface area contributed by atoms with Gasteiger partial charge in [-0.25, -0.2) is 0 Å². The fourth-order valence-corrected chi connectivity index (χ4v) is 0.527. The van der Waals surface area contributed by atoms with Crippen molar-refractivity contribution in [2.75, 3.05) is 0 Å². The zero-order chi connectivity index (χ0) is 13.2. The second kappa shape index (κ2) is 8.66. The highest BCUT2D eigenvalue weighted by molar-refractivity contribution is 7.07. The van der Waals surface area contributed by atoms with Crippen LogP contribution in [0.2, 0.25) is 0 Å². The van der Waals surface area contributed by atoms with Gasteiger partial charge in [-0.3, -0.25) is 4.98 Å². The van der Waals surface area contributed by atoms with E-state index in [1.54, 1.807) is 50.7 Å². The van der Waals surface area contributed by atoms with Crippen molar-refractivity contribution < 1.29 is 20.3 Å². The van der Waals surface area contributed by atoms with Crippen molar-refractivity contribution in [1.29, 1.82) is 0 Å². The number of hydrogen-bond donors (Lipinski definition) is 4. The Morgan fingerprint density at radius 1 is 1.06 bits per heavy atom. The van der Waals surface area contributed by atoms with Gasteiger partial charge in [-0.05, 0) is 27.7 Å². The zero-order valence-corrected chi connectivity index (χ0v) is 10.8. The summed E-state index contributed by atoms with van der Waals surface area (Å²) < 4.78 is 0. The second-order valence-electron chi connectivity index (χ2n) is 3.91. The molecule has 93 valence electrons. The van der Waals surface area contributed by atoms with Crippen molar-refractivity contribution in [2.45, 2.75) is 38.9 Å². The topological polar surface area (TPSA) is 93.8 Å². The molecule has 4 N–H and O–H groups in total. The molecule has 0 fully saturated rings. The SMILES string of the molecule is CC(C)(O)C(C)(C)O.O[B]O.c1cscn1. The van der Waals surface area contributed by atoms with Crippen LogP contribution in [0.25, 0.3) is 0 Å². The number of aliphatic hydroxyl groups is 2. The maximum absolute atomic E-state index is 9.10. The minimum Gasteiger partial charge on any atom is -0.429 e. The van der Waals surface area contributed by atoms with Crippen molar-refractivity contribution in [3.63, 3.8) is 0 Å². The number of thiazole rings is 1. The lowest BCUT2D eigenvalue weighted by atomic mass is 9.90. The van der Waals surface area contributed by atoms with Crippen molar-refractivity contribution >= 4 is 19.0 Å². The summed E-state index contributed by atoms with van der Waals surface area (Å²) in [6.45, 7) is 6.31. The number of hydrogen-bond acceptors (Lipinski definition) is 6. The molecule has 0 bridgehead atoms. The molecule has 1 rings (SSSR count). The van der Waals surface area contributed by atoms with Crippen LogP contribution in [0.15, 0.2) is 17.1 Å². The first-order valence-corrected chi connectivity index (χ1v) is 5.48. The van der Waals surface area contributed by atoms with Gasteiger partial charge in [0.2, 0.25) is 0 Å². The van der Waals surface area contributed by atoms with Crippen LogP contribution in [0.1, 0.15) is 27.7 Å². The highest BCUT2D eigenvalue weighted by Gasteiger charge is 2.31. The lowest BCUT2D eigenvalue weighted by molar-refractivity contribution is -0.107. The summed E-state index contributed by atoms with van der Waals surface area (Å²) in [7, 11) is 0. The van der Waals surface area contributed by atoms with E-state index in [-0.39, 0.29) is 7.69 Å². The van der Waals surface area contributed by atoms with E-state index in [9.17, 15) is 0 Å². The summed E-state index contributed by atoms with van der Waals surface area (Å²) in [5, 5.41) is 34.1. The average Bonchev–Trinajstić information content (AvgIpc) is 2.57. The van der Waals surface area contributed by atoms with Crippen LogP contribution in [0.3, 0.4) is 0 Å². The Kier molecular flexibility index (Phi) is 9.70. The maximum atomic E-state index is 9.10. The molecule has 0 amide bonds. The number of aromatic nitrogens is 1. The molecule has 0 aliphatic heterocycles. The summed E-state index contributed by atoms with van der Waals surface area (Å²) in [5.41, 5.74) is -0.222. The molecule has 7 heteroatoms. The molecular weight excluding hydrogens is 229 g/mol. The van der Waals surface area contributed by atoms with Gasteiger partial charge < -0.3 is 20.3 Å². The lowest BCUT2D eigenvalue weighted by Gasteiger charge is -2.31. The van der Waals surface area contributed by atoms with Gasteiger partial charge in [-0.2, -0.15) is 0 Å². The first kappa shape index (κ1) is 17.9. The Balaban J connectivity index is 0. The van der Waals surface area contributed by atoms with E-state index in [1.165, 1.54) is 0 Å². The standard InChI is InChI=1S/C6H14O2.C3H3NS.BH2O2/c1-5(2,7)6(3,4)8;1-2-5-3-4-1;2-1-3/h7-8H,1-4H3;1-3H;2-3H. The molecule has 1 heterocycles. The van der Waals surface area contributed by atoms with Crippen LogP contribution in [-0.2, 0) is 0 Å². The predicted molar refractivity (Wildman–Crippen MR) is 64.9 cm³/mol. The normalized spacial score (nSPS) is 10.5. The third-order valence-electron chi connectivity index (χ3n) is 1.84. The van der Waals surface area contributed by atoms with Crippen LogP contribution >= 0.6 is 11.3 Å². The molecule has 0 saturated carbocycles. The molecule has 1 aromatic heterocycles. The third-order valence-corrected chi connectivity index (χ3v) is 2.37. The summed E-state index contributed by atoms with van der Waals surface area (Å²) in [6.07, 6.45) is 1.77. The molecule has 0 aliphatic rings. The summed E-state index contributed by atoms with van der Waals surface area (Å²) in [4.78, 5) is 3.74. The largest absolute Gasteiger partial charge is 0.482 e. The van der Waals surface area contributed by atoms with Gasteiger partial charge >= 0.3 is 7.69 Å². The minimum absolute atomic E-state index is 0. The van der Waals surface area contributed by atoms with Crippen LogP contribution in [0.5, 0.6) is 0 Å². The highest BCUT2D eigenvalue weighted by Crippen LogP contribution is 2.19. The van der Waals surface area contributed by atoms with Crippen molar-refractivity contribution in [2.24, 2.45) is 0 Å². The molecule has 16 heavy (non-hydrogen) atoms. The smallest absolute Gasteiger partial charge is 0.429 e. The van der Waals surface area contributed by atoms with Crippen LogP contribution in [-0.4, -0.2) is 44.1 Å². The van der Waals surface area contributed by atoms with Crippen LogP contribution < -0.4 is 0 Å². The molecular formula is C9H19BNO4S. The molecule has 0 atom stereocenters. The van der Waals surface area contributed by atoms with Gasteiger partial charge in [0.15, 0.2) is 0 Å². The zero-order valence-electron chi connectivity index (χ0n) is 9.95. The number of nitrogens with zero attached hydrogens (tertiary/aromatic N) is 1. The summed E-state index contributed by atoms with van der Waals surface area (Å²) >= 11 is 1.60. The monoisotopic (exact) mass is 248 g/mol. The third kappa shape index (κ3) is 11.6. The van der Waals surface area contributed by atoms with Crippen molar-refractivity contribution in [3.8, 4) is 0 Å². The van der Waals surface area contributed by atoms with E-state index in [2.05, 4.69) is 4.98 Å². The summed E-state index contributed by atoms with van der Waals surface area (Å²) in [6, 6.07) is 0. The molecule has 1 aromatic rings. The predicted octanol–water partition coefficient (Wildman–Crippen LogP) is 0.176. The molecule has 0 saturated heterocycles. The average molecular weight is 248 g/mol. The van der Waals surface area contributed by atoms with Gasteiger partial charge in [0.05, 0.1) is 16.7 Å². The summed E-state index contributed by atoms with van der Waals surface area (Å²) in [5.74, 6) is 0. The fourth-order valence-electron chi connectivity index (χ4n) is 0.176. The fraction of sp³-hybridized carbons (Fsp3) is 0.667. The van der Waals surface area contributed by atoms with Gasteiger partial charge in [0.25, 0.3) is 0 Å². The Labute approximate surface area is 101 Å². The van der Waals surface area contributed by atoms with Crippen molar-refractivity contribution in [3.05, 3.63) is 17.1 Å². The van der Waals surface area contributed by atoms with E-state index in [0.717, 1.165) is 0 Å². The Morgan fingerprint density at radius 2 is 1.44 bits per heavy atom. The Morgan fingerprint density at radius 3 is 1.50 bits per heavy atom. The van der Waals surface area contributed by atoms with E-state index in [0.29, 0.717) is 0 Å². The van der Waals surface area contributed by atoms with E-state index < -0.39 is 11.2 Å². The van der Waals surface area contributed by atoms with Gasteiger partial charge in [-0.1, -0.05) is 0 Å². The van der Waals surface area contributed by atoms with E-state index in [1.807, 2.05) is 5.38 Å². The first-order chi connectivity index (χ1) is 7.16. The highest BCUT2D eigenvalue weighted by atomic mass is 32.1. The van der Waals surface area contributed by atoms with Gasteiger partial charge in [0.1, 0.15) is 0 Å². The quantitative estimate of drug-likeness (QED) is 0.532. The first-order valence-electron chi connectivity index (χ1n) is 4.53.